The summed E-state index contributed by atoms with van der Waals surface area (Å²) in [5.74, 6) is 0.0385. The maximum Gasteiger partial charge on any atom is 0.188 e. The van der Waals surface area contributed by atoms with E-state index in [1.807, 2.05) is 42.5 Å². The summed E-state index contributed by atoms with van der Waals surface area (Å²) in [5.41, 5.74) is 0.663. The average Bonchev–Trinajstić information content (AvgIpc) is 2.48. The van der Waals surface area contributed by atoms with Crippen LogP contribution in [0.4, 0.5) is 0 Å². The van der Waals surface area contributed by atoms with Crippen molar-refractivity contribution in [3.8, 4) is 0 Å². The Morgan fingerprint density at radius 3 is 2.45 bits per heavy atom. The second kappa shape index (κ2) is 5.39. The van der Waals surface area contributed by atoms with Crippen LogP contribution < -0.4 is 5.43 Å². The molecule has 3 rings (SSSR count). The Balaban J connectivity index is 1.96. The van der Waals surface area contributed by atoms with E-state index in [2.05, 4.69) is 0 Å². The van der Waals surface area contributed by atoms with Gasteiger partial charge in [0.2, 0.25) is 0 Å². The average molecular weight is 280 g/mol. The van der Waals surface area contributed by atoms with Crippen LogP contribution in [0.1, 0.15) is 15.2 Å². The molecule has 0 aliphatic heterocycles. The number of Topliss-reactive ketones (excluding diaryl/α,β-unsaturated/α-hetero) is 1. The molecule has 0 aliphatic carbocycles. The monoisotopic (exact) mass is 280 g/mol. The number of rotatable bonds is 3. The minimum Gasteiger partial charge on any atom is -0.294 e. The van der Waals surface area contributed by atoms with Gasteiger partial charge < -0.3 is 0 Å². The summed E-state index contributed by atoms with van der Waals surface area (Å²) >= 11 is 1.50. The van der Waals surface area contributed by atoms with Gasteiger partial charge in [-0.15, -0.1) is 11.3 Å². The maximum absolute atomic E-state index is 12.2. The molecule has 0 radical (unpaired) electrons. The van der Waals surface area contributed by atoms with Crippen molar-refractivity contribution in [3.63, 3.8) is 0 Å². The normalized spacial score (nSPS) is 10.6. The zero-order valence-corrected chi connectivity index (χ0v) is 11.5. The van der Waals surface area contributed by atoms with Crippen molar-refractivity contribution in [1.82, 2.24) is 0 Å². The Hall–Kier alpha value is -2.26. The third kappa shape index (κ3) is 2.53. The molecule has 0 fully saturated rings. The van der Waals surface area contributed by atoms with Crippen LogP contribution in [-0.4, -0.2) is 5.78 Å². The van der Waals surface area contributed by atoms with Crippen LogP contribution in [-0.2, 0) is 6.42 Å². The summed E-state index contributed by atoms with van der Waals surface area (Å²) in [6, 6.07) is 18.2. The Morgan fingerprint density at radius 1 is 0.950 bits per heavy atom. The van der Waals surface area contributed by atoms with Crippen LogP contribution in [0.3, 0.4) is 0 Å². The van der Waals surface area contributed by atoms with Crippen LogP contribution in [0.2, 0.25) is 0 Å². The number of fused-ring (bicyclic) bond motifs is 1. The van der Waals surface area contributed by atoms with Crippen molar-refractivity contribution in [1.29, 1.82) is 0 Å². The minimum absolute atomic E-state index is 0.0183. The highest BCUT2D eigenvalue weighted by Crippen LogP contribution is 2.20. The van der Waals surface area contributed by atoms with E-state index in [-0.39, 0.29) is 17.6 Å². The SMILES string of the molecule is O=C(Cc1cc(=O)c2ccccc2s1)c1ccccc1. The fourth-order valence-corrected chi connectivity index (χ4v) is 3.20. The van der Waals surface area contributed by atoms with Crippen molar-refractivity contribution in [3.05, 3.63) is 81.3 Å². The smallest absolute Gasteiger partial charge is 0.188 e. The number of hydrogen-bond acceptors (Lipinski definition) is 3. The van der Waals surface area contributed by atoms with Crippen LogP contribution in [0.5, 0.6) is 0 Å². The van der Waals surface area contributed by atoms with E-state index < -0.39 is 0 Å². The summed E-state index contributed by atoms with van der Waals surface area (Å²) in [4.78, 5) is 25.0. The molecular formula is C17H12O2S. The molecule has 0 atom stereocenters. The first-order chi connectivity index (χ1) is 9.74. The summed E-state index contributed by atoms with van der Waals surface area (Å²) in [6.45, 7) is 0. The molecular weight excluding hydrogens is 268 g/mol. The Labute approximate surface area is 120 Å². The van der Waals surface area contributed by atoms with Gasteiger partial charge in [0.25, 0.3) is 0 Å². The molecule has 0 unspecified atom stereocenters. The molecule has 0 amide bonds. The molecule has 1 heterocycles. The Bertz CT molecular complexity index is 819. The molecule has 0 saturated carbocycles. The van der Waals surface area contributed by atoms with Crippen LogP contribution in [0.25, 0.3) is 10.1 Å². The largest absolute Gasteiger partial charge is 0.294 e. The van der Waals surface area contributed by atoms with Gasteiger partial charge in [0, 0.05) is 26.9 Å². The van der Waals surface area contributed by atoms with Crippen molar-refractivity contribution in [2.24, 2.45) is 0 Å². The summed E-state index contributed by atoms with van der Waals surface area (Å²) in [7, 11) is 0. The maximum atomic E-state index is 12.2. The van der Waals surface area contributed by atoms with Gasteiger partial charge in [-0.3, -0.25) is 9.59 Å². The summed E-state index contributed by atoms with van der Waals surface area (Å²) in [6.07, 6.45) is 0.273. The van der Waals surface area contributed by atoms with E-state index in [9.17, 15) is 9.59 Å². The molecule has 20 heavy (non-hydrogen) atoms. The lowest BCUT2D eigenvalue weighted by Gasteiger charge is -2.02. The van der Waals surface area contributed by atoms with Crippen molar-refractivity contribution >= 4 is 27.2 Å². The highest BCUT2D eigenvalue weighted by molar-refractivity contribution is 7.18. The standard InChI is InChI=1S/C17H12O2S/c18-15(12-6-2-1-3-7-12)10-13-11-16(19)14-8-4-5-9-17(14)20-13/h1-9,11H,10H2. The van der Waals surface area contributed by atoms with Crippen LogP contribution in [0, 0.1) is 0 Å². The highest BCUT2D eigenvalue weighted by atomic mass is 32.1. The predicted octanol–water partition coefficient (Wildman–Crippen LogP) is 3.69. The van der Waals surface area contributed by atoms with Gasteiger partial charge in [0.1, 0.15) is 0 Å². The highest BCUT2D eigenvalue weighted by Gasteiger charge is 2.09. The first kappa shape index (κ1) is 12.8. The number of carbonyl (C=O) groups excluding carboxylic acids is 1. The molecule has 2 aromatic carbocycles. The predicted molar refractivity (Wildman–Crippen MR) is 82.6 cm³/mol. The molecule has 0 saturated heterocycles. The van der Waals surface area contributed by atoms with Crippen LogP contribution >= 0.6 is 11.3 Å². The Kier molecular flexibility index (Phi) is 3.44. The second-order valence-corrected chi connectivity index (χ2v) is 5.71. The van der Waals surface area contributed by atoms with E-state index in [1.165, 1.54) is 11.3 Å². The lowest BCUT2D eigenvalue weighted by atomic mass is 10.1. The first-order valence-corrected chi connectivity index (χ1v) is 7.16. The van der Waals surface area contributed by atoms with Crippen molar-refractivity contribution in [2.45, 2.75) is 6.42 Å². The molecule has 1 aromatic heterocycles. The lowest BCUT2D eigenvalue weighted by Crippen LogP contribution is -2.06. The topological polar surface area (TPSA) is 34.1 Å². The van der Waals surface area contributed by atoms with Gasteiger partial charge in [-0.25, -0.2) is 0 Å². The quantitative estimate of drug-likeness (QED) is 0.686. The minimum atomic E-state index is -0.0183. The van der Waals surface area contributed by atoms with Crippen LogP contribution in [0.15, 0.2) is 65.5 Å². The van der Waals surface area contributed by atoms with Gasteiger partial charge in [0.15, 0.2) is 11.2 Å². The van der Waals surface area contributed by atoms with Gasteiger partial charge in [0.05, 0.1) is 0 Å². The summed E-state index contributed by atoms with van der Waals surface area (Å²) in [5, 5.41) is 0.716. The number of ketones is 1. The van der Waals surface area contributed by atoms with Gasteiger partial charge >= 0.3 is 0 Å². The molecule has 0 aliphatic rings. The Morgan fingerprint density at radius 2 is 1.65 bits per heavy atom. The van der Waals surface area contributed by atoms with E-state index in [1.54, 1.807) is 18.2 Å². The summed E-state index contributed by atoms with van der Waals surface area (Å²) < 4.78 is 0.927. The van der Waals surface area contributed by atoms with E-state index in [4.69, 9.17) is 0 Å². The number of carbonyl (C=O) groups is 1. The second-order valence-electron chi connectivity index (χ2n) is 4.54. The molecule has 0 spiro atoms. The van der Waals surface area contributed by atoms with Gasteiger partial charge in [-0.2, -0.15) is 0 Å². The molecule has 0 N–H and O–H groups in total. The van der Waals surface area contributed by atoms with E-state index in [0.29, 0.717) is 10.9 Å². The van der Waals surface area contributed by atoms with E-state index >= 15 is 0 Å². The fourth-order valence-electron chi connectivity index (χ4n) is 2.13. The molecule has 3 aromatic rings. The van der Waals surface area contributed by atoms with Crippen molar-refractivity contribution in [2.75, 3.05) is 0 Å². The van der Waals surface area contributed by atoms with Gasteiger partial charge in [-0.05, 0) is 18.2 Å². The molecule has 0 bridgehead atoms. The van der Waals surface area contributed by atoms with E-state index in [0.717, 1.165) is 9.58 Å². The molecule has 2 nitrogen and oxygen atoms in total. The fraction of sp³-hybridized carbons (Fsp3) is 0.0588. The zero-order chi connectivity index (χ0) is 13.9. The first-order valence-electron chi connectivity index (χ1n) is 6.34. The van der Waals surface area contributed by atoms with Gasteiger partial charge in [-0.1, -0.05) is 42.5 Å². The molecule has 98 valence electrons. The zero-order valence-electron chi connectivity index (χ0n) is 10.7. The third-order valence-corrected chi connectivity index (χ3v) is 4.22. The lowest BCUT2D eigenvalue weighted by molar-refractivity contribution is 0.0994. The van der Waals surface area contributed by atoms with Crippen molar-refractivity contribution < 1.29 is 4.79 Å². The third-order valence-electron chi connectivity index (χ3n) is 3.12. The number of benzene rings is 2. The molecule has 3 heteroatoms. The number of hydrogen-bond donors (Lipinski definition) is 0.